The number of alkyl halides is 2. The number of aromatic nitrogens is 3. The standard InChI is InChI=1S/C25H34F2N6O3/c1-4-20(34)33-10-9-32(14-17(33)11-16(2)3)19-13-29-22-21(31-19)18(12-28-22)23(35)30-15-24(36)5-7-25(26,27)8-6-24/h4,12-13,16-17,36H,1,5-11,14-15H2,2-3H3,(H,28,29)(H,30,35)/t17-/m0/s1. The summed E-state index contributed by atoms with van der Waals surface area (Å²) in [6.07, 6.45) is 4.38. The van der Waals surface area contributed by atoms with E-state index in [4.69, 9.17) is 4.98 Å². The molecule has 2 amide bonds. The zero-order chi connectivity index (χ0) is 26.1. The van der Waals surface area contributed by atoms with Gasteiger partial charge in [0.15, 0.2) is 5.65 Å². The Morgan fingerprint density at radius 3 is 2.69 bits per heavy atom. The Bertz CT molecular complexity index is 1120. The first kappa shape index (κ1) is 26.0. The Balaban J connectivity index is 1.48. The van der Waals surface area contributed by atoms with Crippen molar-refractivity contribution in [1.82, 2.24) is 25.2 Å². The van der Waals surface area contributed by atoms with Crippen molar-refractivity contribution in [2.45, 2.75) is 63.5 Å². The lowest BCUT2D eigenvalue weighted by Crippen LogP contribution is -2.55. The summed E-state index contributed by atoms with van der Waals surface area (Å²) in [5.41, 5.74) is -0.256. The Labute approximate surface area is 209 Å². The number of aromatic amines is 1. The van der Waals surface area contributed by atoms with E-state index in [0.29, 0.717) is 42.5 Å². The highest BCUT2D eigenvalue weighted by Gasteiger charge is 2.42. The molecule has 0 aromatic carbocycles. The highest BCUT2D eigenvalue weighted by molar-refractivity contribution is 6.04. The van der Waals surface area contributed by atoms with Crippen LogP contribution in [0.4, 0.5) is 14.6 Å². The Morgan fingerprint density at radius 2 is 2.03 bits per heavy atom. The lowest BCUT2D eigenvalue weighted by Gasteiger charge is -2.42. The Kier molecular flexibility index (Phi) is 7.31. The fraction of sp³-hybridized carbons (Fsp3) is 0.600. The average Bonchev–Trinajstić information content (AvgIpc) is 3.27. The van der Waals surface area contributed by atoms with Gasteiger partial charge in [-0.3, -0.25) is 9.59 Å². The molecule has 11 heteroatoms. The maximum absolute atomic E-state index is 13.5. The largest absolute Gasteiger partial charge is 0.388 e. The van der Waals surface area contributed by atoms with E-state index in [2.05, 4.69) is 40.6 Å². The molecule has 1 saturated heterocycles. The van der Waals surface area contributed by atoms with Crippen LogP contribution in [0, 0.1) is 5.92 Å². The van der Waals surface area contributed by atoms with Gasteiger partial charge in [-0.15, -0.1) is 0 Å². The first-order valence-corrected chi connectivity index (χ1v) is 12.4. The molecule has 196 valence electrons. The molecule has 0 bridgehead atoms. The minimum Gasteiger partial charge on any atom is -0.388 e. The summed E-state index contributed by atoms with van der Waals surface area (Å²) in [5.74, 6) is -2.32. The molecule has 0 unspecified atom stereocenters. The summed E-state index contributed by atoms with van der Waals surface area (Å²) in [6.45, 7) is 9.41. The van der Waals surface area contributed by atoms with E-state index in [1.54, 1.807) is 6.20 Å². The van der Waals surface area contributed by atoms with Gasteiger partial charge in [0.1, 0.15) is 11.3 Å². The number of hydrogen-bond donors (Lipinski definition) is 3. The lowest BCUT2D eigenvalue weighted by atomic mass is 9.82. The normalized spacial score (nSPS) is 21.6. The van der Waals surface area contributed by atoms with Crippen LogP contribution in [0.25, 0.3) is 11.2 Å². The Morgan fingerprint density at radius 1 is 1.31 bits per heavy atom. The summed E-state index contributed by atoms with van der Waals surface area (Å²) in [5, 5.41) is 13.3. The second-order valence-electron chi connectivity index (χ2n) is 10.4. The molecule has 1 aliphatic heterocycles. The summed E-state index contributed by atoms with van der Waals surface area (Å²) in [6, 6.07) is -0.000597. The molecular weight excluding hydrogens is 470 g/mol. The highest BCUT2D eigenvalue weighted by atomic mass is 19.3. The molecule has 36 heavy (non-hydrogen) atoms. The minimum atomic E-state index is -2.77. The van der Waals surface area contributed by atoms with Crippen LogP contribution in [0.1, 0.15) is 56.3 Å². The number of halogens is 2. The van der Waals surface area contributed by atoms with Crippen LogP contribution in [0.5, 0.6) is 0 Å². The molecule has 2 aromatic heterocycles. The number of amides is 2. The number of fused-ring (bicyclic) bond motifs is 1. The van der Waals surface area contributed by atoms with Gasteiger partial charge < -0.3 is 25.2 Å². The van der Waals surface area contributed by atoms with E-state index in [-0.39, 0.29) is 36.9 Å². The van der Waals surface area contributed by atoms with E-state index in [0.717, 1.165) is 6.42 Å². The topological polar surface area (TPSA) is 114 Å². The SMILES string of the molecule is C=CC(=O)N1CCN(c2cnc3[nH]cc(C(=O)NCC4(O)CCC(F)(F)CC4)c3n2)C[C@@H]1CC(C)C. The molecule has 2 aromatic rings. The molecule has 2 aliphatic rings. The van der Waals surface area contributed by atoms with Gasteiger partial charge in [0, 0.05) is 51.3 Å². The molecule has 9 nitrogen and oxygen atoms in total. The van der Waals surface area contributed by atoms with Gasteiger partial charge in [0.2, 0.25) is 11.8 Å². The zero-order valence-corrected chi connectivity index (χ0v) is 20.8. The lowest BCUT2D eigenvalue weighted by molar-refractivity contribution is -0.129. The summed E-state index contributed by atoms with van der Waals surface area (Å²) >= 11 is 0. The van der Waals surface area contributed by atoms with Crippen molar-refractivity contribution in [2.75, 3.05) is 31.1 Å². The van der Waals surface area contributed by atoms with Gasteiger partial charge in [-0.2, -0.15) is 0 Å². The fourth-order valence-electron chi connectivity index (χ4n) is 5.02. The van der Waals surface area contributed by atoms with Crippen LogP contribution in [0.15, 0.2) is 25.0 Å². The van der Waals surface area contributed by atoms with Crippen molar-refractivity contribution in [2.24, 2.45) is 5.92 Å². The van der Waals surface area contributed by atoms with Gasteiger partial charge >= 0.3 is 0 Å². The van der Waals surface area contributed by atoms with Gasteiger partial charge in [-0.05, 0) is 31.3 Å². The maximum Gasteiger partial charge on any atom is 0.255 e. The summed E-state index contributed by atoms with van der Waals surface area (Å²) in [7, 11) is 0. The number of nitrogens with one attached hydrogen (secondary N) is 2. The predicted octanol–water partition coefficient (Wildman–Crippen LogP) is 2.88. The molecule has 0 spiro atoms. The number of hydrogen-bond acceptors (Lipinski definition) is 6. The number of nitrogens with zero attached hydrogens (tertiary/aromatic N) is 4. The van der Waals surface area contributed by atoms with Crippen molar-refractivity contribution in [1.29, 1.82) is 0 Å². The maximum atomic E-state index is 13.5. The monoisotopic (exact) mass is 504 g/mol. The number of carbonyl (C=O) groups is 2. The smallest absolute Gasteiger partial charge is 0.255 e. The molecule has 3 heterocycles. The van der Waals surface area contributed by atoms with Crippen LogP contribution in [-0.2, 0) is 4.79 Å². The van der Waals surface area contributed by atoms with Crippen LogP contribution >= 0.6 is 0 Å². The molecule has 1 saturated carbocycles. The number of rotatable bonds is 7. The number of carbonyl (C=O) groups excluding carboxylic acids is 2. The van der Waals surface area contributed by atoms with E-state index in [1.165, 1.54) is 12.3 Å². The third-order valence-electron chi connectivity index (χ3n) is 7.11. The third-order valence-corrected chi connectivity index (χ3v) is 7.11. The number of anilines is 1. The van der Waals surface area contributed by atoms with Crippen molar-refractivity contribution >= 4 is 28.8 Å². The second-order valence-corrected chi connectivity index (χ2v) is 10.4. The molecule has 2 fully saturated rings. The molecule has 0 radical (unpaired) electrons. The molecule has 4 rings (SSSR count). The zero-order valence-electron chi connectivity index (χ0n) is 20.8. The van der Waals surface area contributed by atoms with Crippen LogP contribution in [-0.4, -0.2) is 80.5 Å². The Hall–Kier alpha value is -3.08. The number of aliphatic hydroxyl groups is 1. The van der Waals surface area contributed by atoms with Gasteiger partial charge in [0.25, 0.3) is 5.91 Å². The van der Waals surface area contributed by atoms with E-state index in [1.807, 2.05) is 4.90 Å². The summed E-state index contributed by atoms with van der Waals surface area (Å²) < 4.78 is 26.9. The second kappa shape index (κ2) is 10.1. The number of H-pyrrole nitrogens is 1. The third kappa shape index (κ3) is 5.66. The van der Waals surface area contributed by atoms with Crippen molar-refractivity contribution in [3.63, 3.8) is 0 Å². The predicted molar refractivity (Wildman–Crippen MR) is 132 cm³/mol. The fourth-order valence-corrected chi connectivity index (χ4v) is 5.02. The van der Waals surface area contributed by atoms with Crippen LogP contribution in [0.3, 0.4) is 0 Å². The minimum absolute atomic E-state index is 0.000597. The summed E-state index contributed by atoms with van der Waals surface area (Å²) in [4.78, 5) is 41.2. The van der Waals surface area contributed by atoms with Gasteiger partial charge in [0.05, 0.1) is 17.4 Å². The highest BCUT2D eigenvalue weighted by Crippen LogP contribution is 2.38. The van der Waals surface area contributed by atoms with Crippen LogP contribution < -0.4 is 10.2 Å². The average molecular weight is 505 g/mol. The van der Waals surface area contributed by atoms with Gasteiger partial charge in [-0.25, -0.2) is 18.7 Å². The molecule has 1 atom stereocenters. The van der Waals surface area contributed by atoms with E-state index >= 15 is 0 Å². The van der Waals surface area contributed by atoms with Gasteiger partial charge in [-0.1, -0.05) is 20.4 Å². The van der Waals surface area contributed by atoms with E-state index < -0.39 is 30.3 Å². The number of piperazine rings is 1. The van der Waals surface area contributed by atoms with Crippen molar-refractivity contribution in [3.05, 3.63) is 30.6 Å². The van der Waals surface area contributed by atoms with E-state index in [9.17, 15) is 23.5 Å². The first-order valence-electron chi connectivity index (χ1n) is 12.4. The van der Waals surface area contributed by atoms with Crippen molar-refractivity contribution < 1.29 is 23.5 Å². The molecule has 3 N–H and O–H groups in total. The first-order chi connectivity index (χ1) is 17.0. The van der Waals surface area contributed by atoms with Crippen LogP contribution in [0.2, 0.25) is 0 Å². The quantitative estimate of drug-likeness (QED) is 0.500. The molecule has 1 aliphatic carbocycles. The van der Waals surface area contributed by atoms with Crippen molar-refractivity contribution in [3.8, 4) is 0 Å². The molecular formula is C25H34F2N6O3.